The van der Waals surface area contributed by atoms with Gasteiger partial charge in [0.05, 0.1) is 0 Å². The molecule has 0 bridgehead atoms. The van der Waals surface area contributed by atoms with Gasteiger partial charge in [0.15, 0.2) is 0 Å². The summed E-state index contributed by atoms with van der Waals surface area (Å²) in [4.78, 5) is 4.06. The Morgan fingerprint density at radius 2 is 2.56 bits per heavy atom. The Morgan fingerprint density at radius 3 is 3.33 bits per heavy atom. The zero-order chi connectivity index (χ0) is 6.27. The van der Waals surface area contributed by atoms with Crippen molar-refractivity contribution in [1.82, 2.24) is 5.32 Å². The van der Waals surface area contributed by atoms with Gasteiger partial charge in [0.1, 0.15) is 12.1 Å². The van der Waals surface area contributed by atoms with E-state index >= 15 is 0 Å². The fraction of sp³-hybridized carbons (Fsp3) is 0.800. The summed E-state index contributed by atoms with van der Waals surface area (Å²) < 4.78 is 5.15. The zero-order valence-corrected chi connectivity index (χ0v) is 5.00. The summed E-state index contributed by atoms with van der Waals surface area (Å²) in [5.74, 6) is 0. The Kier molecular flexibility index (Phi) is 0.900. The number of ether oxygens (including phenoxy) is 1. The molecule has 0 unspecified atom stereocenters. The second kappa shape index (κ2) is 1.60. The molecule has 0 saturated carbocycles. The standard InChI is InChI=1S/C5H9N3O/c6-5-8-3-1-7-2-4(3)9-5/h3-4,7H,1-2H2,(H2,6,8)/t3-,4+/m0/s1. The molecule has 0 spiro atoms. The van der Waals surface area contributed by atoms with Gasteiger partial charge >= 0.3 is 0 Å². The van der Waals surface area contributed by atoms with Gasteiger partial charge < -0.3 is 15.8 Å². The molecule has 4 heteroatoms. The highest BCUT2D eigenvalue weighted by molar-refractivity contribution is 5.73. The molecule has 1 fully saturated rings. The van der Waals surface area contributed by atoms with Gasteiger partial charge in [0.25, 0.3) is 6.02 Å². The van der Waals surface area contributed by atoms with Crippen LogP contribution in [0.5, 0.6) is 0 Å². The van der Waals surface area contributed by atoms with Crippen molar-refractivity contribution < 1.29 is 4.74 Å². The molecular weight excluding hydrogens is 118 g/mol. The van der Waals surface area contributed by atoms with Crippen LogP contribution in [-0.4, -0.2) is 31.3 Å². The molecule has 0 amide bonds. The quantitative estimate of drug-likeness (QED) is 0.424. The third-order valence-corrected chi connectivity index (χ3v) is 1.69. The Hall–Kier alpha value is -0.770. The lowest BCUT2D eigenvalue weighted by molar-refractivity contribution is 0.221. The molecule has 0 aliphatic carbocycles. The van der Waals surface area contributed by atoms with Crippen LogP contribution in [0.25, 0.3) is 0 Å². The molecular formula is C5H9N3O. The molecule has 9 heavy (non-hydrogen) atoms. The first kappa shape index (κ1) is 5.05. The van der Waals surface area contributed by atoms with Crippen molar-refractivity contribution in [2.24, 2.45) is 10.7 Å². The van der Waals surface area contributed by atoms with E-state index in [1.54, 1.807) is 0 Å². The van der Waals surface area contributed by atoms with Crippen LogP contribution in [0.2, 0.25) is 0 Å². The molecule has 0 radical (unpaired) electrons. The number of hydrogen-bond donors (Lipinski definition) is 2. The van der Waals surface area contributed by atoms with Crippen molar-refractivity contribution in [2.75, 3.05) is 13.1 Å². The summed E-state index contributed by atoms with van der Waals surface area (Å²) in [6, 6.07) is 0.636. The van der Waals surface area contributed by atoms with E-state index in [9.17, 15) is 0 Å². The molecule has 2 aliphatic heterocycles. The fourth-order valence-corrected chi connectivity index (χ4v) is 1.24. The number of nitrogens with two attached hydrogens (primary N) is 1. The van der Waals surface area contributed by atoms with E-state index < -0.39 is 0 Å². The van der Waals surface area contributed by atoms with Crippen LogP contribution >= 0.6 is 0 Å². The highest BCUT2D eigenvalue weighted by atomic mass is 16.5. The Balaban J connectivity index is 2.13. The van der Waals surface area contributed by atoms with Crippen LogP contribution in [0.3, 0.4) is 0 Å². The van der Waals surface area contributed by atoms with Crippen LogP contribution in [0, 0.1) is 0 Å². The van der Waals surface area contributed by atoms with E-state index in [1.165, 1.54) is 0 Å². The fourth-order valence-electron chi connectivity index (χ4n) is 1.24. The van der Waals surface area contributed by atoms with Crippen LogP contribution in [0.4, 0.5) is 0 Å². The number of hydrogen-bond acceptors (Lipinski definition) is 4. The average molecular weight is 127 g/mol. The summed E-state index contributed by atoms with van der Waals surface area (Å²) >= 11 is 0. The maximum absolute atomic E-state index is 5.32. The third kappa shape index (κ3) is 0.666. The lowest BCUT2D eigenvalue weighted by Crippen LogP contribution is -2.22. The van der Waals surface area contributed by atoms with E-state index in [1.807, 2.05) is 0 Å². The maximum Gasteiger partial charge on any atom is 0.282 e. The molecule has 0 aromatic rings. The smallest absolute Gasteiger partial charge is 0.282 e. The monoisotopic (exact) mass is 127 g/mol. The third-order valence-electron chi connectivity index (χ3n) is 1.69. The minimum Gasteiger partial charge on any atom is -0.458 e. The van der Waals surface area contributed by atoms with Gasteiger partial charge in [-0.1, -0.05) is 0 Å². The number of amidine groups is 1. The number of fused-ring (bicyclic) bond motifs is 1. The lowest BCUT2D eigenvalue weighted by atomic mass is 10.2. The van der Waals surface area contributed by atoms with Crippen LogP contribution in [0.15, 0.2) is 4.99 Å². The first-order valence-corrected chi connectivity index (χ1v) is 3.07. The van der Waals surface area contributed by atoms with Gasteiger partial charge in [-0.15, -0.1) is 0 Å². The van der Waals surface area contributed by atoms with Crippen LogP contribution in [-0.2, 0) is 4.74 Å². The van der Waals surface area contributed by atoms with E-state index in [-0.39, 0.29) is 12.1 Å². The van der Waals surface area contributed by atoms with Gasteiger partial charge in [0, 0.05) is 13.1 Å². The van der Waals surface area contributed by atoms with E-state index in [4.69, 9.17) is 10.5 Å². The average Bonchev–Trinajstić information content (AvgIpc) is 2.22. The van der Waals surface area contributed by atoms with Crippen LogP contribution < -0.4 is 11.1 Å². The largest absolute Gasteiger partial charge is 0.458 e. The number of nitrogens with one attached hydrogen (secondary N) is 1. The van der Waals surface area contributed by atoms with Crippen molar-refractivity contribution in [3.05, 3.63) is 0 Å². The predicted molar refractivity (Wildman–Crippen MR) is 33.2 cm³/mol. The summed E-state index contributed by atoms with van der Waals surface area (Å²) in [6.07, 6.45) is 0.213. The molecule has 3 N–H and O–H groups in total. The topological polar surface area (TPSA) is 59.6 Å². The Morgan fingerprint density at radius 1 is 1.67 bits per heavy atom. The van der Waals surface area contributed by atoms with Gasteiger partial charge in [-0.05, 0) is 0 Å². The lowest BCUT2D eigenvalue weighted by Gasteiger charge is -2.03. The molecule has 2 atom stereocenters. The summed E-state index contributed by atoms with van der Waals surface area (Å²) in [6.45, 7) is 1.79. The normalized spacial score (nSPS) is 39.8. The molecule has 1 saturated heterocycles. The first-order valence-electron chi connectivity index (χ1n) is 3.07. The molecule has 0 aromatic heterocycles. The molecule has 4 nitrogen and oxygen atoms in total. The summed E-state index contributed by atoms with van der Waals surface area (Å²) in [5.41, 5.74) is 5.32. The molecule has 2 heterocycles. The Bertz CT molecular complexity index is 156. The van der Waals surface area contributed by atoms with Crippen molar-refractivity contribution in [1.29, 1.82) is 0 Å². The van der Waals surface area contributed by atoms with Crippen LogP contribution in [0.1, 0.15) is 0 Å². The van der Waals surface area contributed by atoms with Crippen molar-refractivity contribution >= 4 is 6.02 Å². The van der Waals surface area contributed by atoms with Gasteiger partial charge in [-0.2, -0.15) is 0 Å². The summed E-state index contributed by atoms with van der Waals surface area (Å²) in [7, 11) is 0. The molecule has 50 valence electrons. The van der Waals surface area contributed by atoms with Crippen molar-refractivity contribution in [3.8, 4) is 0 Å². The second-order valence-corrected chi connectivity index (χ2v) is 2.35. The first-order chi connectivity index (χ1) is 4.36. The second-order valence-electron chi connectivity index (χ2n) is 2.35. The molecule has 0 aromatic carbocycles. The van der Waals surface area contributed by atoms with Gasteiger partial charge in [-0.25, -0.2) is 4.99 Å². The predicted octanol–water partition coefficient (Wildman–Crippen LogP) is -1.33. The Labute approximate surface area is 53.1 Å². The minimum atomic E-state index is 0.213. The van der Waals surface area contributed by atoms with E-state index in [0.717, 1.165) is 13.1 Å². The highest BCUT2D eigenvalue weighted by Gasteiger charge is 2.33. The van der Waals surface area contributed by atoms with Gasteiger partial charge in [0.2, 0.25) is 0 Å². The number of aliphatic imine (C=N–C) groups is 1. The minimum absolute atomic E-state index is 0.213. The summed E-state index contributed by atoms with van der Waals surface area (Å²) in [5, 5.41) is 3.16. The number of rotatable bonds is 0. The van der Waals surface area contributed by atoms with E-state index in [0.29, 0.717) is 6.02 Å². The van der Waals surface area contributed by atoms with Crippen molar-refractivity contribution in [3.63, 3.8) is 0 Å². The van der Waals surface area contributed by atoms with Crippen molar-refractivity contribution in [2.45, 2.75) is 12.1 Å². The SMILES string of the molecule is NC1=N[C@H]2CNC[C@H]2O1. The molecule has 2 aliphatic rings. The molecule has 2 rings (SSSR count). The van der Waals surface area contributed by atoms with Gasteiger partial charge in [-0.3, -0.25) is 0 Å². The maximum atomic E-state index is 5.32. The highest BCUT2D eigenvalue weighted by Crippen LogP contribution is 2.14. The zero-order valence-electron chi connectivity index (χ0n) is 5.00. The number of nitrogens with zero attached hydrogens (tertiary/aromatic N) is 1. The van der Waals surface area contributed by atoms with E-state index in [2.05, 4.69) is 10.3 Å².